The Morgan fingerprint density at radius 3 is 2.38 bits per heavy atom. The fourth-order valence-electron chi connectivity index (χ4n) is 1.23. The molecule has 0 spiro atoms. The standard InChI is InChI=1S/C11H15NS/c1-3-4-9-5-7-10(8-6-9)11(12)13-2/h5-8,12H,3-4H2,1-2H3. The minimum absolute atomic E-state index is 0.642. The summed E-state index contributed by atoms with van der Waals surface area (Å²) in [6, 6.07) is 8.29. The van der Waals surface area contributed by atoms with Gasteiger partial charge >= 0.3 is 0 Å². The molecule has 0 saturated heterocycles. The van der Waals surface area contributed by atoms with Gasteiger partial charge in [-0.2, -0.15) is 0 Å². The van der Waals surface area contributed by atoms with Crippen molar-refractivity contribution in [2.24, 2.45) is 0 Å². The van der Waals surface area contributed by atoms with Gasteiger partial charge in [-0.1, -0.05) is 37.6 Å². The Morgan fingerprint density at radius 1 is 1.31 bits per heavy atom. The summed E-state index contributed by atoms with van der Waals surface area (Å²) in [5.74, 6) is 0. The van der Waals surface area contributed by atoms with E-state index in [0.717, 1.165) is 12.0 Å². The van der Waals surface area contributed by atoms with E-state index in [1.54, 1.807) is 0 Å². The van der Waals surface area contributed by atoms with Crippen molar-refractivity contribution in [3.63, 3.8) is 0 Å². The van der Waals surface area contributed by atoms with E-state index >= 15 is 0 Å². The molecule has 1 rings (SSSR count). The topological polar surface area (TPSA) is 23.9 Å². The van der Waals surface area contributed by atoms with Crippen molar-refractivity contribution in [3.8, 4) is 0 Å². The van der Waals surface area contributed by atoms with Crippen molar-refractivity contribution in [1.82, 2.24) is 0 Å². The molecule has 1 nitrogen and oxygen atoms in total. The van der Waals surface area contributed by atoms with E-state index < -0.39 is 0 Å². The zero-order valence-corrected chi connectivity index (χ0v) is 8.95. The fraction of sp³-hybridized carbons (Fsp3) is 0.364. The van der Waals surface area contributed by atoms with Gasteiger partial charge in [0.25, 0.3) is 0 Å². The molecule has 0 amide bonds. The van der Waals surface area contributed by atoms with Crippen LogP contribution >= 0.6 is 11.8 Å². The van der Waals surface area contributed by atoms with Crippen LogP contribution in [0.2, 0.25) is 0 Å². The molecule has 0 aliphatic carbocycles. The molecule has 1 N–H and O–H groups in total. The molecule has 0 atom stereocenters. The maximum atomic E-state index is 7.61. The molecule has 0 unspecified atom stereocenters. The van der Waals surface area contributed by atoms with Crippen LogP contribution in [-0.4, -0.2) is 11.3 Å². The maximum Gasteiger partial charge on any atom is 0.0939 e. The lowest BCUT2D eigenvalue weighted by atomic mass is 10.1. The largest absolute Gasteiger partial charge is 0.293 e. The highest BCUT2D eigenvalue weighted by atomic mass is 32.2. The normalized spacial score (nSPS) is 10.0. The van der Waals surface area contributed by atoms with Crippen LogP contribution in [0.25, 0.3) is 0 Å². The van der Waals surface area contributed by atoms with E-state index in [-0.39, 0.29) is 0 Å². The van der Waals surface area contributed by atoms with Gasteiger partial charge in [0.1, 0.15) is 0 Å². The molecule has 13 heavy (non-hydrogen) atoms. The number of hydrogen-bond donors (Lipinski definition) is 1. The fourth-order valence-corrected chi connectivity index (χ4v) is 1.60. The highest BCUT2D eigenvalue weighted by Crippen LogP contribution is 2.11. The van der Waals surface area contributed by atoms with Crippen LogP contribution in [0.3, 0.4) is 0 Å². The Morgan fingerprint density at radius 2 is 1.92 bits per heavy atom. The lowest BCUT2D eigenvalue weighted by Gasteiger charge is -2.02. The third-order valence-corrected chi connectivity index (χ3v) is 2.60. The summed E-state index contributed by atoms with van der Waals surface area (Å²) in [6.07, 6.45) is 4.24. The number of hydrogen-bond acceptors (Lipinski definition) is 2. The van der Waals surface area contributed by atoms with Crippen LogP contribution in [0.4, 0.5) is 0 Å². The molecule has 0 fully saturated rings. The van der Waals surface area contributed by atoms with Gasteiger partial charge in [0.15, 0.2) is 0 Å². The van der Waals surface area contributed by atoms with E-state index in [9.17, 15) is 0 Å². The molecular weight excluding hydrogens is 178 g/mol. The Kier molecular flexibility index (Phi) is 4.03. The lowest BCUT2D eigenvalue weighted by molar-refractivity contribution is 0.922. The van der Waals surface area contributed by atoms with Gasteiger partial charge < -0.3 is 0 Å². The van der Waals surface area contributed by atoms with Gasteiger partial charge in [0, 0.05) is 5.56 Å². The van der Waals surface area contributed by atoms with Crippen LogP contribution in [0.15, 0.2) is 24.3 Å². The second kappa shape index (κ2) is 5.07. The first-order valence-corrected chi connectivity index (χ1v) is 5.72. The van der Waals surface area contributed by atoms with Crippen LogP contribution in [0.1, 0.15) is 24.5 Å². The second-order valence-electron chi connectivity index (χ2n) is 2.98. The van der Waals surface area contributed by atoms with Gasteiger partial charge in [-0.15, -0.1) is 11.8 Å². The molecule has 0 aliphatic rings. The van der Waals surface area contributed by atoms with Crippen molar-refractivity contribution in [3.05, 3.63) is 35.4 Å². The summed E-state index contributed by atoms with van der Waals surface area (Å²) >= 11 is 1.48. The van der Waals surface area contributed by atoms with Gasteiger partial charge in [0.05, 0.1) is 5.04 Å². The predicted molar refractivity (Wildman–Crippen MR) is 60.8 cm³/mol. The number of nitrogens with one attached hydrogen (secondary N) is 1. The molecule has 0 aliphatic heterocycles. The van der Waals surface area contributed by atoms with Crippen LogP contribution in [0, 0.1) is 5.41 Å². The van der Waals surface area contributed by atoms with Crippen molar-refractivity contribution < 1.29 is 0 Å². The monoisotopic (exact) mass is 193 g/mol. The number of rotatable bonds is 3. The van der Waals surface area contributed by atoms with Crippen LogP contribution in [-0.2, 0) is 6.42 Å². The van der Waals surface area contributed by atoms with Crippen LogP contribution < -0.4 is 0 Å². The summed E-state index contributed by atoms with van der Waals surface area (Å²) in [5, 5.41) is 8.26. The smallest absolute Gasteiger partial charge is 0.0939 e. The number of aryl methyl sites for hydroxylation is 1. The first kappa shape index (κ1) is 10.3. The third-order valence-electron chi connectivity index (χ3n) is 1.96. The number of benzene rings is 1. The summed E-state index contributed by atoms with van der Waals surface area (Å²) in [4.78, 5) is 0. The third kappa shape index (κ3) is 2.88. The first-order chi connectivity index (χ1) is 6.27. The molecule has 1 aromatic rings. The maximum absolute atomic E-state index is 7.61. The first-order valence-electron chi connectivity index (χ1n) is 4.49. The van der Waals surface area contributed by atoms with E-state index in [2.05, 4.69) is 19.1 Å². The van der Waals surface area contributed by atoms with E-state index in [4.69, 9.17) is 5.41 Å². The SMILES string of the molecule is CCCc1ccc(C(=N)SC)cc1. The highest BCUT2D eigenvalue weighted by Gasteiger charge is 1.98. The quantitative estimate of drug-likeness (QED) is 0.578. The lowest BCUT2D eigenvalue weighted by Crippen LogP contribution is -1.92. The van der Waals surface area contributed by atoms with E-state index in [1.807, 2.05) is 18.4 Å². The average Bonchev–Trinajstić information content (AvgIpc) is 2.18. The molecule has 0 radical (unpaired) electrons. The van der Waals surface area contributed by atoms with Gasteiger partial charge in [-0.3, -0.25) is 5.41 Å². The Labute approximate surface area is 84.1 Å². The van der Waals surface area contributed by atoms with Gasteiger partial charge in [-0.25, -0.2) is 0 Å². The van der Waals surface area contributed by atoms with Gasteiger partial charge in [-0.05, 0) is 18.2 Å². The summed E-state index contributed by atoms with van der Waals surface area (Å²) in [7, 11) is 0. The minimum Gasteiger partial charge on any atom is -0.293 e. The predicted octanol–water partition coefficient (Wildman–Crippen LogP) is 3.33. The molecule has 70 valence electrons. The minimum atomic E-state index is 0.642. The number of thioether (sulfide) groups is 1. The Bertz CT molecular complexity index is 277. The van der Waals surface area contributed by atoms with Crippen molar-refractivity contribution in [1.29, 1.82) is 5.41 Å². The summed E-state index contributed by atoms with van der Waals surface area (Å²) < 4.78 is 0. The van der Waals surface area contributed by atoms with Crippen molar-refractivity contribution in [2.45, 2.75) is 19.8 Å². The average molecular weight is 193 g/mol. The molecule has 0 heterocycles. The van der Waals surface area contributed by atoms with Gasteiger partial charge in [0.2, 0.25) is 0 Å². The Hall–Kier alpha value is -0.760. The zero-order valence-electron chi connectivity index (χ0n) is 8.13. The highest BCUT2D eigenvalue weighted by molar-refractivity contribution is 8.13. The zero-order chi connectivity index (χ0) is 9.68. The molecule has 2 heteroatoms. The summed E-state index contributed by atoms with van der Waals surface area (Å²) in [6.45, 7) is 2.18. The van der Waals surface area contributed by atoms with E-state index in [1.165, 1.54) is 23.7 Å². The molecule has 0 bridgehead atoms. The summed E-state index contributed by atoms with van der Waals surface area (Å²) in [5.41, 5.74) is 2.38. The second-order valence-corrected chi connectivity index (χ2v) is 3.80. The molecular formula is C11H15NS. The Balaban J connectivity index is 2.75. The van der Waals surface area contributed by atoms with Crippen molar-refractivity contribution in [2.75, 3.05) is 6.26 Å². The molecule has 1 aromatic carbocycles. The van der Waals surface area contributed by atoms with Crippen molar-refractivity contribution >= 4 is 16.8 Å². The van der Waals surface area contributed by atoms with E-state index in [0.29, 0.717) is 5.04 Å². The molecule has 0 saturated carbocycles. The van der Waals surface area contributed by atoms with Crippen LogP contribution in [0.5, 0.6) is 0 Å². The molecule has 0 aromatic heterocycles.